The first-order chi connectivity index (χ1) is 10.2. The van der Waals surface area contributed by atoms with Crippen LogP contribution in [-0.4, -0.2) is 20.3 Å². The van der Waals surface area contributed by atoms with E-state index in [4.69, 9.17) is 15.2 Å². The smallest absolute Gasteiger partial charge is 0.122 e. The largest absolute Gasteiger partial charge is 0.496 e. The molecule has 2 aromatic carbocycles. The summed E-state index contributed by atoms with van der Waals surface area (Å²) < 4.78 is 11.2. The molecule has 2 rings (SSSR count). The molecule has 0 heterocycles. The monoisotopic (exact) mass is 285 g/mol. The summed E-state index contributed by atoms with van der Waals surface area (Å²) in [6, 6.07) is 16.1. The van der Waals surface area contributed by atoms with E-state index in [1.54, 1.807) is 7.11 Å². The fraction of sp³-hybridized carbons (Fsp3) is 0.333. The minimum atomic E-state index is 0.242. The Morgan fingerprint density at radius 1 is 1.05 bits per heavy atom. The Morgan fingerprint density at radius 2 is 1.76 bits per heavy atom. The van der Waals surface area contributed by atoms with Crippen LogP contribution in [-0.2, 0) is 0 Å². The molecule has 0 spiro atoms. The van der Waals surface area contributed by atoms with Gasteiger partial charge in [0.2, 0.25) is 0 Å². The maximum Gasteiger partial charge on any atom is 0.122 e. The second-order valence-electron chi connectivity index (χ2n) is 5.12. The lowest BCUT2D eigenvalue weighted by atomic mass is 9.95. The van der Waals surface area contributed by atoms with E-state index in [2.05, 4.69) is 25.1 Å². The number of hydrogen-bond acceptors (Lipinski definition) is 3. The van der Waals surface area contributed by atoms with Gasteiger partial charge in [0.25, 0.3) is 0 Å². The third kappa shape index (κ3) is 4.23. The third-order valence-electron chi connectivity index (χ3n) is 3.62. The summed E-state index contributed by atoms with van der Waals surface area (Å²) in [4.78, 5) is 0. The zero-order valence-electron chi connectivity index (χ0n) is 12.7. The summed E-state index contributed by atoms with van der Waals surface area (Å²) in [7, 11) is 1.69. The van der Waals surface area contributed by atoms with E-state index in [-0.39, 0.29) is 5.92 Å². The first-order valence-electron chi connectivity index (χ1n) is 7.27. The molecule has 0 amide bonds. The first kappa shape index (κ1) is 15.4. The van der Waals surface area contributed by atoms with Gasteiger partial charge < -0.3 is 15.2 Å². The maximum absolute atomic E-state index is 5.92. The van der Waals surface area contributed by atoms with Crippen molar-refractivity contribution in [1.29, 1.82) is 0 Å². The van der Waals surface area contributed by atoms with Crippen molar-refractivity contribution in [2.24, 2.45) is 5.73 Å². The van der Waals surface area contributed by atoms with Gasteiger partial charge in [-0.3, -0.25) is 0 Å². The summed E-state index contributed by atoms with van der Waals surface area (Å²) >= 11 is 0. The van der Waals surface area contributed by atoms with E-state index >= 15 is 0 Å². The predicted molar refractivity (Wildman–Crippen MR) is 86.1 cm³/mol. The maximum atomic E-state index is 5.92. The molecule has 1 atom stereocenters. The van der Waals surface area contributed by atoms with E-state index < -0.39 is 0 Å². The number of rotatable bonds is 7. The minimum Gasteiger partial charge on any atom is -0.496 e. The van der Waals surface area contributed by atoms with Crippen LogP contribution >= 0.6 is 0 Å². The zero-order valence-corrected chi connectivity index (χ0v) is 12.7. The fourth-order valence-electron chi connectivity index (χ4n) is 2.36. The highest BCUT2D eigenvalue weighted by atomic mass is 16.5. The van der Waals surface area contributed by atoms with Gasteiger partial charge in [0.1, 0.15) is 11.5 Å². The van der Waals surface area contributed by atoms with Crippen molar-refractivity contribution in [2.75, 3.05) is 20.3 Å². The van der Waals surface area contributed by atoms with E-state index in [0.717, 1.165) is 23.5 Å². The third-order valence-corrected chi connectivity index (χ3v) is 3.62. The molecule has 3 nitrogen and oxygen atoms in total. The molecule has 112 valence electrons. The molecule has 0 aliphatic heterocycles. The molecule has 0 bridgehead atoms. The van der Waals surface area contributed by atoms with Crippen LogP contribution in [0.1, 0.15) is 23.5 Å². The second-order valence-corrected chi connectivity index (χ2v) is 5.12. The topological polar surface area (TPSA) is 44.5 Å². The Bertz CT molecular complexity index is 551. The molecular weight excluding hydrogens is 262 g/mol. The molecule has 0 aromatic heterocycles. The lowest BCUT2D eigenvalue weighted by Gasteiger charge is -2.18. The molecule has 3 heteroatoms. The normalized spacial score (nSPS) is 12.0. The molecule has 0 aliphatic rings. The molecule has 0 saturated carbocycles. The van der Waals surface area contributed by atoms with Gasteiger partial charge in [0, 0.05) is 5.92 Å². The van der Waals surface area contributed by atoms with Crippen molar-refractivity contribution in [3.05, 3.63) is 59.7 Å². The lowest BCUT2D eigenvalue weighted by Crippen LogP contribution is -2.16. The number of benzene rings is 2. The van der Waals surface area contributed by atoms with E-state index in [1.807, 2.05) is 30.3 Å². The highest BCUT2D eigenvalue weighted by Gasteiger charge is 2.14. The van der Waals surface area contributed by atoms with Gasteiger partial charge >= 0.3 is 0 Å². The Hall–Kier alpha value is -2.00. The lowest BCUT2D eigenvalue weighted by molar-refractivity contribution is 0.296. The molecule has 0 saturated heterocycles. The summed E-state index contributed by atoms with van der Waals surface area (Å²) in [5.74, 6) is 2.03. The van der Waals surface area contributed by atoms with Crippen LogP contribution in [0.25, 0.3) is 0 Å². The summed E-state index contributed by atoms with van der Waals surface area (Å²) in [5.41, 5.74) is 8.30. The number of aryl methyl sites for hydroxylation is 1. The Morgan fingerprint density at radius 3 is 2.43 bits per heavy atom. The van der Waals surface area contributed by atoms with Crippen molar-refractivity contribution >= 4 is 0 Å². The zero-order chi connectivity index (χ0) is 15.1. The van der Waals surface area contributed by atoms with Crippen LogP contribution in [0.3, 0.4) is 0 Å². The average Bonchev–Trinajstić information content (AvgIpc) is 2.53. The van der Waals surface area contributed by atoms with Gasteiger partial charge in [0.05, 0.1) is 13.7 Å². The number of nitrogens with two attached hydrogens (primary N) is 1. The first-order valence-corrected chi connectivity index (χ1v) is 7.27. The summed E-state index contributed by atoms with van der Waals surface area (Å²) in [6.07, 6.45) is 0.866. The van der Waals surface area contributed by atoms with Gasteiger partial charge in [-0.1, -0.05) is 35.9 Å². The number of ether oxygens (including phenoxy) is 2. The predicted octanol–water partition coefficient (Wildman–Crippen LogP) is 3.52. The Balaban J connectivity index is 1.95. The molecule has 21 heavy (non-hydrogen) atoms. The van der Waals surface area contributed by atoms with Gasteiger partial charge in [-0.15, -0.1) is 0 Å². The van der Waals surface area contributed by atoms with Gasteiger partial charge in [-0.05, 0) is 43.7 Å². The standard InChI is InChI=1S/C18H23NO2/c1-14-7-9-16(10-8-14)21-12-11-15(13-19)17-5-3-4-6-18(17)20-2/h3-10,15H,11-13,19H2,1-2H3. The molecule has 2 aromatic rings. The van der Waals surface area contributed by atoms with Gasteiger partial charge in [0.15, 0.2) is 0 Å². The van der Waals surface area contributed by atoms with Crippen LogP contribution < -0.4 is 15.2 Å². The van der Waals surface area contributed by atoms with Gasteiger partial charge in [-0.25, -0.2) is 0 Å². The number of methoxy groups -OCH3 is 1. The van der Waals surface area contributed by atoms with Crippen LogP contribution in [0.4, 0.5) is 0 Å². The summed E-state index contributed by atoms with van der Waals surface area (Å²) in [6.45, 7) is 3.29. The minimum absolute atomic E-state index is 0.242. The molecule has 2 N–H and O–H groups in total. The van der Waals surface area contributed by atoms with Crippen molar-refractivity contribution in [3.63, 3.8) is 0 Å². The number of para-hydroxylation sites is 1. The van der Waals surface area contributed by atoms with Crippen LogP contribution in [0.15, 0.2) is 48.5 Å². The Labute approximate surface area is 126 Å². The molecule has 0 fully saturated rings. The number of hydrogen-bond donors (Lipinski definition) is 1. The highest BCUT2D eigenvalue weighted by Crippen LogP contribution is 2.28. The van der Waals surface area contributed by atoms with E-state index in [9.17, 15) is 0 Å². The van der Waals surface area contributed by atoms with E-state index in [0.29, 0.717) is 13.2 Å². The van der Waals surface area contributed by atoms with Crippen LogP contribution in [0, 0.1) is 6.92 Å². The highest BCUT2D eigenvalue weighted by molar-refractivity contribution is 5.36. The van der Waals surface area contributed by atoms with Crippen molar-refractivity contribution in [2.45, 2.75) is 19.3 Å². The molecule has 1 unspecified atom stereocenters. The molecule has 0 aliphatic carbocycles. The Kier molecular flexibility index (Phi) is 5.64. The molecular formula is C18H23NO2. The van der Waals surface area contributed by atoms with E-state index in [1.165, 1.54) is 5.56 Å². The van der Waals surface area contributed by atoms with Gasteiger partial charge in [-0.2, -0.15) is 0 Å². The van der Waals surface area contributed by atoms with Crippen molar-refractivity contribution in [3.8, 4) is 11.5 Å². The average molecular weight is 285 g/mol. The quantitative estimate of drug-likeness (QED) is 0.846. The summed E-state index contributed by atoms with van der Waals surface area (Å²) in [5, 5.41) is 0. The van der Waals surface area contributed by atoms with Crippen LogP contribution in [0.5, 0.6) is 11.5 Å². The van der Waals surface area contributed by atoms with Crippen molar-refractivity contribution < 1.29 is 9.47 Å². The molecule has 0 radical (unpaired) electrons. The van der Waals surface area contributed by atoms with Crippen LogP contribution in [0.2, 0.25) is 0 Å². The SMILES string of the molecule is COc1ccccc1C(CN)CCOc1ccc(C)cc1. The fourth-order valence-corrected chi connectivity index (χ4v) is 2.36. The van der Waals surface area contributed by atoms with Crippen molar-refractivity contribution in [1.82, 2.24) is 0 Å². The second kappa shape index (κ2) is 7.70.